The number of nitrogens with one attached hydrogen (secondary N) is 1. The van der Waals surface area contributed by atoms with Crippen molar-refractivity contribution in [2.75, 3.05) is 13.1 Å². The fraction of sp³-hybridized carbons (Fsp3) is 0.615. The van der Waals surface area contributed by atoms with Crippen LogP contribution in [-0.4, -0.2) is 40.9 Å². The van der Waals surface area contributed by atoms with Gasteiger partial charge in [-0.25, -0.2) is 0 Å². The maximum atomic E-state index is 12.4. The van der Waals surface area contributed by atoms with E-state index in [1.165, 1.54) is 12.1 Å². The molecule has 1 aromatic heterocycles. The molecule has 0 spiro atoms. The van der Waals surface area contributed by atoms with Gasteiger partial charge in [0.25, 0.3) is 5.91 Å². The zero-order valence-electron chi connectivity index (χ0n) is 11.1. The highest BCUT2D eigenvalue weighted by atomic mass is 16.6. The molecular formula is C13H17N3O4. The zero-order valence-corrected chi connectivity index (χ0v) is 11.1. The lowest BCUT2D eigenvalue weighted by molar-refractivity contribution is -0.402. The second kappa shape index (κ2) is 5.24. The van der Waals surface area contributed by atoms with Crippen molar-refractivity contribution in [1.29, 1.82) is 0 Å². The fourth-order valence-corrected chi connectivity index (χ4v) is 3.19. The van der Waals surface area contributed by atoms with E-state index in [2.05, 4.69) is 5.32 Å². The minimum Gasteiger partial charge on any atom is -0.395 e. The molecule has 2 unspecified atom stereocenters. The summed E-state index contributed by atoms with van der Waals surface area (Å²) in [5.74, 6) is -0.570. The molecule has 20 heavy (non-hydrogen) atoms. The molecule has 2 atom stereocenters. The molecule has 3 rings (SSSR count). The van der Waals surface area contributed by atoms with Crippen LogP contribution in [0.3, 0.4) is 0 Å². The SMILES string of the molecule is O=C(c1ccc([N+](=O)[O-])o1)N1CCCC1C1CCCN1. The number of hydrogen-bond acceptors (Lipinski definition) is 5. The van der Waals surface area contributed by atoms with Crippen molar-refractivity contribution in [2.45, 2.75) is 37.8 Å². The Morgan fingerprint density at radius 3 is 2.90 bits per heavy atom. The highest BCUT2D eigenvalue weighted by Crippen LogP contribution is 2.27. The van der Waals surface area contributed by atoms with E-state index in [-0.39, 0.29) is 23.6 Å². The van der Waals surface area contributed by atoms with Crippen LogP contribution < -0.4 is 5.32 Å². The lowest BCUT2D eigenvalue weighted by atomic mass is 10.0. The summed E-state index contributed by atoms with van der Waals surface area (Å²) < 4.78 is 5.02. The molecule has 0 bridgehead atoms. The molecule has 108 valence electrons. The highest BCUT2D eigenvalue weighted by molar-refractivity contribution is 5.92. The molecule has 0 saturated carbocycles. The number of likely N-dealkylation sites (tertiary alicyclic amines) is 1. The Hall–Kier alpha value is -1.89. The maximum Gasteiger partial charge on any atom is 0.433 e. The molecule has 2 aliphatic heterocycles. The summed E-state index contributed by atoms with van der Waals surface area (Å²) in [5.41, 5.74) is 0. The average Bonchev–Trinajstić information content (AvgIpc) is 3.17. The van der Waals surface area contributed by atoms with Gasteiger partial charge >= 0.3 is 5.88 Å². The second-order valence-corrected chi connectivity index (χ2v) is 5.31. The second-order valence-electron chi connectivity index (χ2n) is 5.31. The molecule has 1 aromatic rings. The molecule has 1 N–H and O–H groups in total. The van der Waals surface area contributed by atoms with E-state index in [0.717, 1.165) is 32.2 Å². The Bertz CT molecular complexity index is 521. The molecule has 3 heterocycles. The summed E-state index contributed by atoms with van der Waals surface area (Å²) in [5, 5.41) is 14.0. The molecule has 0 aliphatic carbocycles. The van der Waals surface area contributed by atoms with Gasteiger partial charge in [0.1, 0.15) is 4.92 Å². The number of carbonyl (C=O) groups is 1. The summed E-state index contributed by atoms with van der Waals surface area (Å²) in [7, 11) is 0. The highest BCUT2D eigenvalue weighted by Gasteiger charge is 2.37. The summed E-state index contributed by atoms with van der Waals surface area (Å²) in [4.78, 5) is 24.2. The maximum absolute atomic E-state index is 12.4. The van der Waals surface area contributed by atoms with Gasteiger partial charge < -0.3 is 14.6 Å². The van der Waals surface area contributed by atoms with Crippen LogP contribution in [0.25, 0.3) is 0 Å². The number of hydrogen-bond donors (Lipinski definition) is 1. The van der Waals surface area contributed by atoms with E-state index in [1.807, 2.05) is 0 Å². The monoisotopic (exact) mass is 279 g/mol. The van der Waals surface area contributed by atoms with E-state index in [9.17, 15) is 14.9 Å². The van der Waals surface area contributed by atoms with E-state index >= 15 is 0 Å². The average molecular weight is 279 g/mol. The van der Waals surface area contributed by atoms with Crippen LogP contribution in [0, 0.1) is 10.1 Å². The first-order valence-corrected chi connectivity index (χ1v) is 6.95. The van der Waals surface area contributed by atoms with Gasteiger partial charge in [-0.1, -0.05) is 0 Å². The van der Waals surface area contributed by atoms with Crippen LogP contribution in [0.1, 0.15) is 36.2 Å². The molecule has 2 saturated heterocycles. The predicted octanol–water partition coefficient (Wildman–Crippen LogP) is 1.54. The minimum absolute atomic E-state index is 0.0570. The van der Waals surface area contributed by atoms with E-state index in [0.29, 0.717) is 12.6 Å². The van der Waals surface area contributed by atoms with E-state index < -0.39 is 4.92 Å². The van der Waals surface area contributed by atoms with Gasteiger partial charge in [0.15, 0.2) is 5.76 Å². The first-order chi connectivity index (χ1) is 9.66. The number of rotatable bonds is 3. The van der Waals surface area contributed by atoms with Gasteiger partial charge in [0.2, 0.25) is 0 Å². The Morgan fingerprint density at radius 2 is 2.25 bits per heavy atom. The van der Waals surface area contributed by atoms with Crippen LogP contribution in [0.4, 0.5) is 5.88 Å². The number of carbonyl (C=O) groups excluding carboxylic acids is 1. The molecule has 7 nitrogen and oxygen atoms in total. The lowest BCUT2D eigenvalue weighted by Crippen LogP contribution is -2.46. The normalized spacial score (nSPS) is 26.1. The van der Waals surface area contributed by atoms with Crippen molar-refractivity contribution in [1.82, 2.24) is 10.2 Å². The Morgan fingerprint density at radius 1 is 1.40 bits per heavy atom. The van der Waals surface area contributed by atoms with Crippen molar-refractivity contribution in [3.8, 4) is 0 Å². The summed E-state index contributed by atoms with van der Waals surface area (Å²) in [6.07, 6.45) is 4.16. The van der Waals surface area contributed by atoms with Crippen LogP contribution in [0.2, 0.25) is 0 Å². The molecule has 1 amide bonds. The fourth-order valence-electron chi connectivity index (χ4n) is 3.19. The van der Waals surface area contributed by atoms with Crippen LogP contribution >= 0.6 is 0 Å². The summed E-state index contributed by atoms with van der Waals surface area (Å²) in [6, 6.07) is 3.13. The number of amides is 1. The van der Waals surface area contributed by atoms with Gasteiger partial charge in [0, 0.05) is 18.6 Å². The summed E-state index contributed by atoms with van der Waals surface area (Å²) >= 11 is 0. The first-order valence-electron chi connectivity index (χ1n) is 6.95. The number of nitrogens with zero attached hydrogens (tertiary/aromatic N) is 2. The largest absolute Gasteiger partial charge is 0.433 e. The van der Waals surface area contributed by atoms with E-state index in [1.54, 1.807) is 4.90 Å². The quantitative estimate of drug-likeness (QED) is 0.669. The van der Waals surface area contributed by atoms with Gasteiger partial charge in [-0.05, 0) is 38.3 Å². The van der Waals surface area contributed by atoms with Gasteiger partial charge in [-0.3, -0.25) is 14.9 Å². The van der Waals surface area contributed by atoms with Crippen LogP contribution in [-0.2, 0) is 0 Å². The number of furan rings is 1. The topological polar surface area (TPSA) is 88.6 Å². The molecular weight excluding hydrogens is 262 g/mol. The smallest absolute Gasteiger partial charge is 0.395 e. The lowest BCUT2D eigenvalue weighted by Gasteiger charge is -2.28. The first kappa shape index (κ1) is 13.1. The third-order valence-electron chi connectivity index (χ3n) is 4.11. The molecule has 2 fully saturated rings. The van der Waals surface area contributed by atoms with Gasteiger partial charge in [-0.15, -0.1) is 0 Å². The standard InChI is InChI=1S/C13H17N3O4/c17-13(11-5-6-12(20-11)16(18)19)15-8-2-4-10(15)9-3-1-7-14-9/h5-6,9-10,14H,1-4,7-8H2. The third kappa shape index (κ3) is 2.29. The van der Waals surface area contributed by atoms with Gasteiger partial charge in [0.05, 0.1) is 6.07 Å². The van der Waals surface area contributed by atoms with Crippen molar-refractivity contribution >= 4 is 11.8 Å². The zero-order chi connectivity index (χ0) is 14.1. The molecule has 0 aromatic carbocycles. The van der Waals surface area contributed by atoms with E-state index in [4.69, 9.17) is 4.42 Å². The predicted molar refractivity (Wildman–Crippen MR) is 70.4 cm³/mol. The van der Waals surface area contributed by atoms with Crippen molar-refractivity contribution < 1.29 is 14.1 Å². The minimum atomic E-state index is -0.628. The Kier molecular flexibility index (Phi) is 3.43. The molecule has 0 radical (unpaired) electrons. The molecule has 2 aliphatic rings. The van der Waals surface area contributed by atoms with Gasteiger partial charge in [-0.2, -0.15) is 0 Å². The van der Waals surface area contributed by atoms with Crippen molar-refractivity contribution in [2.24, 2.45) is 0 Å². The Balaban J connectivity index is 1.76. The van der Waals surface area contributed by atoms with Crippen molar-refractivity contribution in [3.63, 3.8) is 0 Å². The summed E-state index contributed by atoms with van der Waals surface area (Å²) in [6.45, 7) is 1.69. The third-order valence-corrected chi connectivity index (χ3v) is 4.11. The molecule has 7 heteroatoms. The van der Waals surface area contributed by atoms with Crippen molar-refractivity contribution in [3.05, 3.63) is 28.0 Å². The number of nitro groups is 1. The van der Waals surface area contributed by atoms with Crippen LogP contribution in [0.5, 0.6) is 0 Å². The Labute approximate surface area is 116 Å². The van der Waals surface area contributed by atoms with Crippen LogP contribution in [0.15, 0.2) is 16.5 Å².